The van der Waals surface area contributed by atoms with Crippen LogP contribution in [-0.4, -0.2) is 4.98 Å². The van der Waals surface area contributed by atoms with Crippen LogP contribution in [0, 0.1) is 19.3 Å². The molecule has 1 nitrogen and oxygen atoms in total. The number of nitrogens with zero attached hydrogens (tertiary/aromatic N) is 1. The summed E-state index contributed by atoms with van der Waals surface area (Å²) < 4.78 is 0. The van der Waals surface area contributed by atoms with Crippen molar-refractivity contribution in [1.82, 2.24) is 4.98 Å². The van der Waals surface area contributed by atoms with Gasteiger partial charge in [0.05, 0.1) is 5.69 Å². The van der Waals surface area contributed by atoms with Gasteiger partial charge in [0.2, 0.25) is 0 Å². The standard InChI is InChI=1S/C19H17N/c1-4-9-16(10-5-2)18-13-19(20-14-15(18)3)17-11-7-6-8-12-17/h1,5-14H,2-3H3/b10-5-,16-9+. The maximum absolute atomic E-state index is 5.42. The Morgan fingerprint density at radius 1 is 1.25 bits per heavy atom. The van der Waals surface area contributed by atoms with Gasteiger partial charge in [-0.05, 0) is 42.7 Å². The highest BCUT2D eigenvalue weighted by atomic mass is 14.7. The highest BCUT2D eigenvalue weighted by Gasteiger charge is 2.06. The van der Waals surface area contributed by atoms with E-state index in [0.717, 1.165) is 28.0 Å². The largest absolute Gasteiger partial charge is 0.256 e. The molecule has 0 atom stereocenters. The van der Waals surface area contributed by atoms with E-state index in [1.807, 2.05) is 50.4 Å². The Hall–Kier alpha value is -2.59. The van der Waals surface area contributed by atoms with Crippen molar-refractivity contribution in [3.8, 4) is 23.6 Å². The quantitative estimate of drug-likeness (QED) is 0.577. The summed E-state index contributed by atoms with van der Waals surface area (Å²) in [6.45, 7) is 4.03. The van der Waals surface area contributed by atoms with Crippen LogP contribution in [-0.2, 0) is 0 Å². The van der Waals surface area contributed by atoms with E-state index in [-0.39, 0.29) is 0 Å². The summed E-state index contributed by atoms with van der Waals surface area (Å²) in [5.74, 6) is 2.60. The second kappa shape index (κ2) is 6.54. The van der Waals surface area contributed by atoms with E-state index in [1.165, 1.54) is 0 Å². The molecule has 1 aromatic heterocycles. The minimum absolute atomic E-state index is 0.957. The molecule has 1 heteroatoms. The van der Waals surface area contributed by atoms with Crippen molar-refractivity contribution in [1.29, 1.82) is 0 Å². The van der Waals surface area contributed by atoms with Crippen molar-refractivity contribution in [2.45, 2.75) is 13.8 Å². The van der Waals surface area contributed by atoms with Crippen LogP contribution in [0.2, 0.25) is 0 Å². The van der Waals surface area contributed by atoms with Crippen LogP contribution in [0.3, 0.4) is 0 Å². The Labute approximate surface area is 120 Å². The Bertz CT molecular complexity index is 685. The van der Waals surface area contributed by atoms with Crippen LogP contribution in [0.4, 0.5) is 0 Å². The van der Waals surface area contributed by atoms with Gasteiger partial charge in [0.15, 0.2) is 0 Å². The van der Waals surface area contributed by atoms with E-state index in [2.05, 4.69) is 29.1 Å². The highest BCUT2D eigenvalue weighted by molar-refractivity contribution is 5.79. The van der Waals surface area contributed by atoms with Crippen molar-refractivity contribution in [2.75, 3.05) is 0 Å². The third-order valence-electron chi connectivity index (χ3n) is 3.07. The Balaban J connectivity index is 2.55. The zero-order valence-corrected chi connectivity index (χ0v) is 11.8. The topological polar surface area (TPSA) is 12.9 Å². The summed E-state index contributed by atoms with van der Waals surface area (Å²) in [6, 6.07) is 12.2. The zero-order valence-electron chi connectivity index (χ0n) is 11.8. The fourth-order valence-corrected chi connectivity index (χ4v) is 2.09. The van der Waals surface area contributed by atoms with Gasteiger partial charge in [-0.3, -0.25) is 4.98 Å². The lowest BCUT2D eigenvalue weighted by Gasteiger charge is -2.09. The number of terminal acetylenes is 1. The van der Waals surface area contributed by atoms with Gasteiger partial charge in [-0.1, -0.05) is 48.4 Å². The predicted octanol–water partition coefficient (Wildman–Crippen LogP) is 4.65. The lowest BCUT2D eigenvalue weighted by atomic mass is 9.99. The fraction of sp³-hybridized carbons (Fsp3) is 0.105. The summed E-state index contributed by atoms with van der Waals surface area (Å²) in [5, 5.41) is 0. The summed E-state index contributed by atoms with van der Waals surface area (Å²) in [7, 11) is 0. The van der Waals surface area contributed by atoms with E-state index >= 15 is 0 Å². The molecule has 0 spiro atoms. The Morgan fingerprint density at radius 2 is 2.00 bits per heavy atom. The zero-order chi connectivity index (χ0) is 14.4. The van der Waals surface area contributed by atoms with Crippen molar-refractivity contribution < 1.29 is 0 Å². The summed E-state index contributed by atoms with van der Waals surface area (Å²) in [4.78, 5) is 4.51. The SMILES string of the molecule is C#C/C=C(\C=C/C)c1cc(-c2ccccc2)ncc1C. The number of benzene rings is 1. The second-order valence-electron chi connectivity index (χ2n) is 4.52. The van der Waals surface area contributed by atoms with Gasteiger partial charge in [0, 0.05) is 11.8 Å². The molecule has 2 aromatic rings. The molecule has 0 bridgehead atoms. The Kier molecular flexibility index (Phi) is 4.52. The normalized spacial score (nSPS) is 11.6. The number of aromatic nitrogens is 1. The van der Waals surface area contributed by atoms with Gasteiger partial charge in [-0.15, -0.1) is 6.42 Å². The molecule has 0 radical (unpaired) electrons. The molecular weight excluding hydrogens is 242 g/mol. The maximum Gasteiger partial charge on any atom is 0.0708 e. The Morgan fingerprint density at radius 3 is 2.65 bits per heavy atom. The number of hydrogen-bond donors (Lipinski definition) is 0. The van der Waals surface area contributed by atoms with Crippen LogP contribution >= 0.6 is 0 Å². The third-order valence-corrected chi connectivity index (χ3v) is 3.07. The lowest BCUT2D eigenvalue weighted by Crippen LogP contribution is -1.92. The van der Waals surface area contributed by atoms with E-state index in [1.54, 1.807) is 6.08 Å². The van der Waals surface area contributed by atoms with Gasteiger partial charge in [-0.25, -0.2) is 0 Å². The summed E-state index contributed by atoms with van der Waals surface area (Å²) >= 11 is 0. The minimum atomic E-state index is 0.957. The monoisotopic (exact) mass is 259 g/mol. The minimum Gasteiger partial charge on any atom is -0.256 e. The van der Waals surface area contributed by atoms with Gasteiger partial charge < -0.3 is 0 Å². The molecule has 0 aliphatic carbocycles. The van der Waals surface area contributed by atoms with Crippen molar-refractivity contribution in [3.05, 3.63) is 72.0 Å². The predicted molar refractivity (Wildman–Crippen MR) is 86.0 cm³/mol. The van der Waals surface area contributed by atoms with Crippen LogP contribution in [0.5, 0.6) is 0 Å². The maximum atomic E-state index is 5.42. The molecule has 0 N–H and O–H groups in total. The number of hydrogen-bond acceptors (Lipinski definition) is 1. The van der Waals surface area contributed by atoms with Crippen LogP contribution < -0.4 is 0 Å². The number of allylic oxidation sites excluding steroid dienone is 4. The number of aryl methyl sites for hydroxylation is 1. The first-order valence-corrected chi connectivity index (χ1v) is 6.57. The molecule has 0 unspecified atom stereocenters. The molecule has 0 saturated carbocycles. The molecule has 98 valence electrons. The first kappa shape index (κ1) is 13.8. The fourth-order valence-electron chi connectivity index (χ4n) is 2.09. The van der Waals surface area contributed by atoms with Crippen LogP contribution in [0.1, 0.15) is 18.1 Å². The highest BCUT2D eigenvalue weighted by Crippen LogP contribution is 2.25. The first-order chi connectivity index (χ1) is 9.76. The molecule has 1 aromatic carbocycles. The van der Waals surface area contributed by atoms with E-state index < -0.39 is 0 Å². The van der Waals surface area contributed by atoms with Gasteiger partial charge in [0.1, 0.15) is 0 Å². The average Bonchev–Trinajstić information content (AvgIpc) is 2.48. The molecule has 0 fully saturated rings. The van der Waals surface area contributed by atoms with Gasteiger partial charge >= 0.3 is 0 Å². The molecule has 0 saturated heterocycles. The molecule has 0 amide bonds. The molecular formula is C19H17N. The molecule has 2 rings (SSSR count). The van der Waals surface area contributed by atoms with Gasteiger partial charge in [-0.2, -0.15) is 0 Å². The smallest absolute Gasteiger partial charge is 0.0708 e. The van der Waals surface area contributed by atoms with Gasteiger partial charge in [0.25, 0.3) is 0 Å². The molecule has 20 heavy (non-hydrogen) atoms. The average molecular weight is 259 g/mol. The van der Waals surface area contributed by atoms with Crippen molar-refractivity contribution in [3.63, 3.8) is 0 Å². The lowest BCUT2D eigenvalue weighted by molar-refractivity contribution is 1.25. The van der Waals surface area contributed by atoms with E-state index in [4.69, 9.17) is 6.42 Å². The van der Waals surface area contributed by atoms with Crippen molar-refractivity contribution in [2.24, 2.45) is 0 Å². The van der Waals surface area contributed by atoms with E-state index in [0.29, 0.717) is 0 Å². The molecule has 1 heterocycles. The molecule has 0 aliphatic rings. The number of rotatable bonds is 3. The van der Waals surface area contributed by atoms with E-state index in [9.17, 15) is 0 Å². The summed E-state index contributed by atoms with van der Waals surface area (Å²) in [5.41, 5.74) is 5.33. The first-order valence-electron chi connectivity index (χ1n) is 6.57. The second-order valence-corrected chi connectivity index (χ2v) is 4.52. The number of pyridine rings is 1. The third kappa shape index (κ3) is 3.05. The summed E-state index contributed by atoms with van der Waals surface area (Å²) in [6.07, 6.45) is 13.1. The molecule has 0 aliphatic heterocycles. The van der Waals surface area contributed by atoms with Crippen LogP contribution in [0.15, 0.2) is 60.8 Å². The van der Waals surface area contributed by atoms with Crippen molar-refractivity contribution >= 4 is 5.57 Å². The van der Waals surface area contributed by atoms with Crippen LogP contribution in [0.25, 0.3) is 16.8 Å².